The van der Waals surface area contributed by atoms with Crippen LogP contribution < -0.4 is 0 Å². The molecule has 0 amide bonds. The van der Waals surface area contributed by atoms with Crippen molar-refractivity contribution >= 4 is 5.78 Å². The van der Waals surface area contributed by atoms with E-state index in [9.17, 15) is 4.79 Å². The molecule has 1 aromatic carbocycles. The van der Waals surface area contributed by atoms with E-state index in [-0.39, 0.29) is 5.78 Å². The third-order valence-electron chi connectivity index (χ3n) is 2.62. The van der Waals surface area contributed by atoms with Gasteiger partial charge in [-0.1, -0.05) is 18.2 Å². The van der Waals surface area contributed by atoms with Crippen LogP contribution in [0.25, 0.3) is 11.1 Å². The van der Waals surface area contributed by atoms with E-state index in [2.05, 4.69) is 4.98 Å². The van der Waals surface area contributed by atoms with Gasteiger partial charge in [-0.3, -0.25) is 9.78 Å². The van der Waals surface area contributed by atoms with Crippen molar-refractivity contribution in [1.29, 1.82) is 0 Å². The first kappa shape index (κ1) is 10.6. The molecule has 2 heteroatoms. The molecule has 0 spiro atoms. The number of carbonyl (C=O) groups excluding carboxylic acids is 1. The lowest BCUT2D eigenvalue weighted by Crippen LogP contribution is -1.92. The first-order valence-electron chi connectivity index (χ1n) is 5.20. The molecule has 0 saturated carbocycles. The number of aromatic nitrogens is 1. The number of carbonyl (C=O) groups is 1. The monoisotopic (exact) mass is 211 g/mol. The van der Waals surface area contributed by atoms with Crippen molar-refractivity contribution in [3.05, 3.63) is 53.9 Å². The zero-order valence-corrected chi connectivity index (χ0v) is 9.40. The summed E-state index contributed by atoms with van der Waals surface area (Å²) < 4.78 is 0. The summed E-state index contributed by atoms with van der Waals surface area (Å²) in [6.07, 6.45) is 3.60. The van der Waals surface area contributed by atoms with Crippen molar-refractivity contribution < 1.29 is 4.79 Å². The van der Waals surface area contributed by atoms with E-state index in [1.165, 1.54) is 0 Å². The normalized spacial score (nSPS) is 10.1. The summed E-state index contributed by atoms with van der Waals surface area (Å²) in [7, 11) is 0. The van der Waals surface area contributed by atoms with Crippen molar-refractivity contribution in [2.75, 3.05) is 0 Å². The van der Waals surface area contributed by atoms with Crippen molar-refractivity contribution in [1.82, 2.24) is 4.98 Å². The molecule has 1 aromatic heterocycles. The number of hydrogen-bond acceptors (Lipinski definition) is 2. The molecule has 0 aliphatic heterocycles. The van der Waals surface area contributed by atoms with Crippen LogP contribution in [0.1, 0.15) is 22.8 Å². The SMILES string of the molecule is CC(=O)c1cccc(-c2cnccc2C)c1. The topological polar surface area (TPSA) is 30.0 Å². The lowest BCUT2D eigenvalue weighted by atomic mass is 10.00. The lowest BCUT2D eigenvalue weighted by Gasteiger charge is -2.06. The molecule has 2 nitrogen and oxygen atoms in total. The molecular formula is C14H13NO. The van der Waals surface area contributed by atoms with E-state index < -0.39 is 0 Å². The minimum atomic E-state index is 0.0865. The Bertz CT molecular complexity index is 532. The highest BCUT2D eigenvalue weighted by Gasteiger charge is 2.04. The summed E-state index contributed by atoms with van der Waals surface area (Å²) in [5.41, 5.74) is 4.01. The number of ketones is 1. The Hall–Kier alpha value is -1.96. The van der Waals surface area contributed by atoms with Gasteiger partial charge >= 0.3 is 0 Å². The van der Waals surface area contributed by atoms with Crippen LogP contribution in [-0.2, 0) is 0 Å². The van der Waals surface area contributed by atoms with Gasteiger partial charge in [0.25, 0.3) is 0 Å². The highest BCUT2D eigenvalue weighted by Crippen LogP contribution is 2.22. The molecule has 0 aliphatic carbocycles. The lowest BCUT2D eigenvalue weighted by molar-refractivity contribution is 0.101. The molecule has 2 rings (SSSR count). The van der Waals surface area contributed by atoms with Gasteiger partial charge in [-0.25, -0.2) is 0 Å². The van der Waals surface area contributed by atoms with Gasteiger partial charge in [0.05, 0.1) is 0 Å². The Balaban J connectivity index is 2.53. The number of benzene rings is 1. The quantitative estimate of drug-likeness (QED) is 0.714. The fourth-order valence-corrected chi connectivity index (χ4v) is 1.67. The van der Waals surface area contributed by atoms with E-state index in [1.807, 2.05) is 43.5 Å². The number of aryl methyl sites for hydroxylation is 1. The molecule has 0 N–H and O–H groups in total. The molecule has 0 bridgehead atoms. The van der Waals surface area contributed by atoms with Crippen LogP contribution in [0.4, 0.5) is 0 Å². The van der Waals surface area contributed by atoms with Gasteiger partial charge in [-0.2, -0.15) is 0 Å². The van der Waals surface area contributed by atoms with Crippen LogP contribution in [0.3, 0.4) is 0 Å². The average Bonchev–Trinajstić information content (AvgIpc) is 2.30. The summed E-state index contributed by atoms with van der Waals surface area (Å²) in [4.78, 5) is 15.4. The number of pyridine rings is 1. The third-order valence-corrected chi connectivity index (χ3v) is 2.62. The largest absolute Gasteiger partial charge is 0.295 e. The molecular weight excluding hydrogens is 198 g/mol. The predicted octanol–water partition coefficient (Wildman–Crippen LogP) is 3.26. The van der Waals surface area contributed by atoms with E-state index in [0.717, 1.165) is 22.3 Å². The highest BCUT2D eigenvalue weighted by atomic mass is 16.1. The van der Waals surface area contributed by atoms with Crippen LogP contribution >= 0.6 is 0 Å². The van der Waals surface area contributed by atoms with E-state index in [4.69, 9.17) is 0 Å². The second-order valence-corrected chi connectivity index (χ2v) is 3.83. The van der Waals surface area contributed by atoms with Crippen molar-refractivity contribution in [3.63, 3.8) is 0 Å². The Kier molecular flexibility index (Phi) is 2.82. The number of hydrogen-bond donors (Lipinski definition) is 0. The molecule has 0 fully saturated rings. The van der Waals surface area contributed by atoms with Gasteiger partial charge < -0.3 is 0 Å². The maximum atomic E-state index is 11.3. The van der Waals surface area contributed by atoms with Crippen LogP contribution in [-0.4, -0.2) is 10.8 Å². The maximum absolute atomic E-state index is 11.3. The first-order chi connectivity index (χ1) is 7.68. The van der Waals surface area contributed by atoms with Crippen LogP contribution in [0, 0.1) is 6.92 Å². The zero-order valence-electron chi connectivity index (χ0n) is 9.40. The number of nitrogens with zero attached hydrogens (tertiary/aromatic N) is 1. The van der Waals surface area contributed by atoms with Gasteiger partial charge in [0.15, 0.2) is 5.78 Å². The van der Waals surface area contributed by atoms with Crippen LogP contribution in [0.5, 0.6) is 0 Å². The van der Waals surface area contributed by atoms with Gasteiger partial charge in [0.1, 0.15) is 0 Å². The minimum Gasteiger partial charge on any atom is -0.295 e. The summed E-state index contributed by atoms with van der Waals surface area (Å²) in [6, 6.07) is 9.61. The van der Waals surface area contributed by atoms with Gasteiger partial charge in [0, 0.05) is 23.5 Å². The molecule has 2 aromatic rings. The van der Waals surface area contributed by atoms with Crippen LogP contribution in [0.2, 0.25) is 0 Å². The van der Waals surface area contributed by atoms with E-state index in [0.29, 0.717) is 0 Å². The van der Waals surface area contributed by atoms with Crippen molar-refractivity contribution in [2.45, 2.75) is 13.8 Å². The highest BCUT2D eigenvalue weighted by molar-refractivity contribution is 5.95. The maximum Gasteiger partial charge on any atom is 0.159 e. The smallest absolute Gasteiger partial charge is 0.159 e. The summed E-state index contributed by atoms with van der Waals surface area (Å²) in [6.45, 7) is 3.62. The van der Waals surface area contributed by atoms with Crippen LogP contribution in [0.15, 0.2) is 42.7 Å². The second kappa shape index (κ2) is 4.27. The van der Waals surface area contributed by atoms with E-state index >= 15 is 0 Å². The summed E-state index contributed by atoms with van der Waals surface area (Å²) in [5, 5.41) is 0. The molecule has 1 heterocycles. The Morgan fingerprint density at radius 2 is 2.06 bits per heavy atom. The van der Waals surface area contributed by atoms with E-state index in [1.54, 1.807) is 13.1 Å². The minimum absolute atomic E-state index is 0.0865. The third kappa shape index (κ3) is 2.01. The fraction of sp³-hybridized carbons (Fsp3) is 0.143. The fourth-order valence-electron chi connectivity index (χ4n) is 1.67. The average molecular weight is 211 g/mol. The Morgan fingerprint density at radius 3 is 2.75 bits per heavy atom. The predicted molar refractivity (Wildman–Crippen MR) is 64.4 cm³/mol. The molecule has 0 unspecified atom stereocenters. The molecule has 0 aliphatic rings. The first-order valence-corrected chi connectivity index (χ1v) is 5.20. The Labute approximate surface area is 95.0 Å². The zero-order chi connectivity index (χ0) is 11.5. The van der Waals surface area contributed by atoms with Gasteiger partial charge in [-0.15, -0.1) is 0 Å². The summed E-state index contributed by atoms with van der Waals surface area (Å²) >= 11 is 0. The molecule has 16 heavy (non-hydrogen) atoms. The van der Waals surface area contributed by atoms with Crippen molar-refractivity contribution in [3.8, 4) is 11.1 Å². The number of rotatable bonds is 2. The Morgan fingerprint density at radius 1 is 1.25 bits per heavy atom. The second-order valence-electron chi connectivity index (χ2n) is 3.83. The molecule has 0 saturated heterocycles. The molecule has 80 valence electrons. The van der Waals surface area contributed by atoms with Gasteiger partial charge in [-0.05, 0) is 37.1 Å². The number of Topliss-reactive ketones (excluding diaryl/α,β-unsaturated/α-hetero) is 1. The summed E-state index contributed by atoms with van der Waals surface area (Å²) in [5.74, 6) is 0.0865. The standard InChI is InChI=1S/C14H13NO/c1-10-6-7-15-9-14(10)13-5-3-4-12(8-13)11(2)16/h3-9H,1-2H3. The van der Waals surface area contributed by atoms with Gasteiger partial charge in [0.2, 0.25) is 0 Å². The van der Waals surface area contributed by atoms with Crippen molar-refractivity contribution in [2.24, 2.45) is 0 Å². The molecule has 0 atom stereocenters. The molecule has 0 radical (unpaired) electrons.